The number of likely N-dealkylation sites (N-methyl/N-ethyl adjacent to an activating group) is 1. The summed E-state index contributed by atoms with van der Waals surface area (Å²) in [5.74, 6) is 0.953. The number of para-hydroxylation sites is 2. The topological polar surface area (TPSA) is 74.8 Å². The van der Waals surface area contributed by atoms with Crippen LogP contribution in [0.1, 0.15) is 35.3 Å². The van der Waals surface area contributed by atoms with Gasteiger partial charge in [0.25, 0.3) is 5.91 Å². The smallest absolute Gasteiger partial charge is 0.273 e. The maximum atomic E-state index is 13.4. The molecule has 1 N–H and O–H groups in total. The SMILES string of the molecule is CN(Cc1ccccc1)C(=O)CN1CCCCCOc2ccccc2Nc2cccc(n2)C1=O. The van der Waals surface area contributed by atoms with Gasteiger partial charge in [0.1, 0.15) is 23.8 Å². The summed E-state index contributed by atoms with van der Waals surface area (Å²) in [7, 11) is 1.77. The number of pyridine rings is 1. The first-order valence-electron chi connectivity index (χ1n) is 11.6. The maximum absolute atomic E-state index is 13.4. The van der Waals surface area contributed by atoms with Crippen molar-refractivity contribution in [3.63, 3.8) is 0 Å². The van der Waals surface area contributed by atoms with Crippen LogP contribution in [0.2, 0.25) is 0 Å². The van der Waals surface area contributed by atoms with Crippen LogP contribution in [0, 0.1) is 0 Å². The highest BCUT2D eigenvalue weighted by molar-refractivity contribution is 5.95. The molecule has 0 unspecified atom stereocenters. The molecule has 0 aliphatic carbocycles. The lowest BCUT2D eigenvalue weighted by atomic mass is 10.2. The molecule has 0 atom stereocenters. The normalized spacial score (nSPS) is 14.3. The monoisotopic (exact) mass is 458 g/mol. The Hall–Kier alpha value is -3.87. The quantitative estimate of drug-likeness (QED) is 0.624. The van der Waals surface area contributed by atoms with E-state index in [0.29, 0.717) is 31.2 Å². The molecule has 1 aliphatic rings. The van der Waals surface area contributed by atoms with E-state index in [4.69, 9.17) is 4.74 Å². The fourth-order valence-corrected chi connectivity index (χ4v) is 3.86. The summed E-state index contributed by atoms with van der Waals surface area (Å²) < 4.78 is 5.97. The van der Waals surface area contributed by atoms with E-state index < -0.39 is 0 Å². The number of carbonyl (C=O) groups excluding carboxylic acids is 2. The molecule has 7 heteroatoms. The van der Waals surface area contributed by atoms with E-state index in [1.54, 1.807) is 29.0 Å². The minimum absolute atomic E-state index is 0.0147. The molecule has 0 radical (unpaired) electrons. The molecule has 34 heavy (non-hydrogen) atoms. The molecule has 0 saturated heterocycles. The van der Waals surface area contributed by atoms with Crippen molar-refractivity contribution in [2.75, 3.05) is 32.1 Å². The van der Waals surface area contributed by atoms with Gasteiger partial charge in [-0.1, -0.05) is 48.5 Å². The molecule has 1 aromatic heterocycles. The first kappa shape index (κ1) is 23.3. The van der Waals surface area contributed by atoms with E-state index in [-0.39, 0.29) is 18.4 Å². The van der Waals surface area contributed by atoms with Crippen LogP contribution in [0.25, 0.3) is 0 Å². The van der Waals surface area contributed by atoms with Crippen molar-refractivity contribution in [3.8, 4) is 5.75 Å². The number of aromatic nitrogens is 1. The highest BCUT2D eigenvalue weighted by atomic mass is 16.5. The van der Waals surface area contributed by atoms with E-state index in [1.807, 2.05) is 60.7 Å². The molecule has 2 amide bonds. The molecule has 0 fully saturated rings. The largest absolute Gasteiger partial charge is 0.491 e. The van der Waals surface area contributed by atoms with Crippen molar-refractivity contribution in [2.45, 2.75) is 25.8 Å². The van der Waals surface area contributed by atoms with Crippen LogP contribution in [0.5, 0.6) is 5.75 Å². The van der Waals surface area contributed by atoms with Crippen molar-refractivity contribution in [2.24, 2.45) is 0 Å². The van der Waals surface area contributed by atoms with E-state index in [1.165, 1.54) is 0 Å². The molecule has 2 bridgehead atoms. The minimum Gasteiger partial charge on any atom is -0.491 e. The summed E-state index contributed by atoms with van der Waals surface area (Å²) in [6, 6.07) is 22.8. The Morgan fingerprint density at radius 2 is 1.79 bits per heavy atom. The van der Waals surface area contributed by atoms with Crippen LogP contribution in [-0.2, 0) is 11.3 Å². The summed E-state index contributed by atoms with van der Waals surface area (Å²) in [6.45, 7) is 1.58. The van der Waals surface area contributed by atoms with Crippen LogP contribution in [0.15, 0.2) is 72.8 Å². The third-order valence-electron chi connectivity index (χ3n) is 5.75. The second kappa shape index (κ2) is 11.3. The zero-order chi connectivity index (χ0) is 23.8. The van der Waals surface area contributed by atoms with E-state index in [2.05, 4.69) is 10.3 Å². The number of hydrogen-bond acceptors (Lipinski definition) is 5. The summed E-state index contributed by atoms with van der Waals surface area (Å²) in [5, 5.41) is 3.26. The number of nitrogens with zero attached hydrogens (tertiary/aromatic N) is 3. The van der Waals surface area contributed by atoms with Gasteiger partial charge in [0, 0.05) is 20.1 Å². The molecular weight excluding hydrogens is 428 g/mol. The molecule has 2 aromatic carbocycles. The average molecular weight is 459 g/mol. The van der Waals surface area contributed by atoms with Gasteiger partial charge in [-0.2, -0.15) is 0 Å². The Kier molecular flexibility index (Phi) is 7.75. The van der Waals surface area contributed by atoms with Crippen LogP contribution in [0.4, 0.5) is 11.5 Å². The molecule has 0 spiro atoms. The van der Waals surface area contributed by atoms with Gasteiger partial charge in [0.05, 0.1) is 12.3 Å². The zero-order valence-electron chi connectivity index (χ0n) is 19.4. The molecule has 4 rings (SSSR count). The third-order valence-corrected chi connectivity index (χ3v) is 5.75. The maximum Gasteiger partial charge on any atom is 0.273 e. The molecule has 1 aliphatic heterocycles. The molecule has 176 valence electrons. The van der Waals surface area contributed by atoms with Gasteiger partial charge in [0.15, 0.2) is 0 Å². The average Bonchev–Trinajstić information content (AvgIpc) is 2.86. The molecule has 0 saturated carbocycles. The standard InChI is InChI=1S/C27H30N4O3/c1-30(19-21-11-4-2-5-12-21)26(32)20-31-17-8-3-9-18-34-24-15-7-6-13-22(24)28-25-16-10-14-23(29-25)27(31)33/h2,4-7,10-16H,3,8-9,17-20H2,1H3,(H,28,29). The fourth-order valence-electron chi connectivity index (χ4n) is 3.86. The summed E-state index contributed by atoms with van der Waals surface area (Å²) in [5.41, 5.74) is 2.15. The summed E-state index contributed by atoms with van der Waals surface area (Å²) in [6.07, 6.45) is 2.53. The number of anilines is 2. The summed E-state index contributed by atoms with van der Waals surface area (Å²) in [4.78, 5) is 34.2. The van der Waals surface area contributed by atoms with E-state index in [0.717, 1.165) is 36.3 Å². The number of amides is 2. The molecule has 2 heterocycles. The lowest BCUT2D eigenvalue weighted by molar-refractivity contribution is -0.131. The molecule has 3 aromatic rings. The number of carbonyl (C=O) groups is 2. The van der Waals surface area contributed by atoms with Gasteiger partial charge in [-0.05, 0) is 49.1 Å². The van der Waals surface area contributed by atoms with Crippen molar-refractivity contribution in [3.05, 3.63) is 84.1 Å². The number of hydrogen-bond donors (Lipinski definition) is 1. The third kappa shape index (κ3) is 6.13. The fraction of sp³-hybridized carbons (Fsp3) is 0.296. The van der Waals surface area contributed by atoms with Crippen LogP contribution in [-0.4, -0.2) is 53.3 Å². The highest BCUT2D eigenvalue weighted by Gasteiger charge is 2.22. The highest BCUT2D eigenvalue weighted by Crippen LogP contribution is 2.27. The second-order valence-corrected chi connectivity index (χ2v) is 8.40. The lowest BCUT2D eigenvalue weighted by Gasteiger charge is -2.25. The number of nitrogens with one attached hydrogen (secondary N) is 1. The first-order chi connectivity index (χ1) is 16.6. The zero-order valence-corrected chi connectivity index (χ0v) is 19.4. The van der Waals surface area contributed by atoms with E-state index >= 15 is 0 Å². The number of ether oxygens (including phenoxy) is 1. The Labute approximate surface area is 200 Å². The van der Waals surface area contributed by atoms with Gasteiger partial charge in [-0.15, -0.1) is 0 Å². The minimum atomic E-state index is -0.244. The Morgan fingerprint density at radius 1 is 1.00 bits per heavy atom. The second-order valence-electron chi connectivity index (χ2n) is 8.40. The Morgan fingerprint density at radius 3 is 2.65 bits per heavy atom. The van der Waals surface area contributed by atoms with Gasteiger partial charge in [-0.25, -0.2) is 4.98 Å². The molecule has 7 nitrogen and oxygen atoms in total. The van der Waals surface area contributed by atoms with E-state index in [9.17, 15) is 9.59 Å². The number of fused-ring (bicyclic) bond motifs is 3. The van der Waals surface area contributed by atoms with Crippen LogP contribution in [0.3, 0.4) is 0 Å². The number of benzene rings is 2. The van der Waals surface area contributed by atoms with Crippen molar-refractivity contribution >= 4 is 23.3 Å². The van der Waals surface area contributed by atoms with Gasteiger partial charge in [0.2, 0.25) is 5.91 Å². The Bertz CT molecular complexity index is 1120. The first-order valence-corrected chi connectivity index (χ1v) is 11.6. The predicted molar refractivity (Wildman–Crippen MR) is 132 cm³/mol. The molecular formula is C27H30N4O3. The van der Waals surface area contributed by atoms with Crippen LogP contribution < -0.4 is 10.1 Å². The van der Waals surface area contributed by atoms with Crippen molar-refractivity contribution in [1.29, 1.82) is 0 Å². The Balaban J connectivity index is 1.52. The van der Waals surface area contributed by atoms with Crippen LogP contribution >= 0.6 is 0 Å². The van der Waals surface area contributed by atoms with Gasteiger partial charge in [-0.3, -0.25) is 9.59 Å². The lowest BCUT2D eigenvalue weighted by Crippen LogP contribution is -2.42. The number of rotatable bonds is 4. The van der Waals surface area contributed by atoms with Crippen molar-refractivity contribution in [1.82, 2.24) is 14.8 Å². The van der Waals surface area contributed by atoms with Gasteiger partial charge >= 0.3 is 0 Å². The predicted octanol–water partition coefficient (Wildman–Crippen LogP) is 4.49. The summed E-state index contributed by atoms with van der Waals surface area (Å²) >= 11 is 0. The van der Waals surface area contributed by atoms with Crippen molar-refractivity contribution < 1.29 is 14.3 Å². The van der Waals surface area contributed by atoms with Gasteiger partial charge < -0.3 is 19.9 Å².